The zero-order valence-corrected chi connectivity index (χ0v) is 9.68. The number of benzene rings is 1. The number of hydrogen-bond acceptors (Lipinski definition) is 4. The quantitative estimate of drug-likeness (QED) is 0.585. The molecule has 0 unspecified atom stereocenters. The van der Waals surface area contributed by atoms with Crippen LogP contribution in [0.25, 0.3) is 0 Å². The van der Waals surface area contributed by atoms with Crippen LogP contribution in [-0.4, -0.2) is 36.4 Å². The van der Waals surface area contributed by atoms with Gasteiger partial charge in [-0.1, -0.05) is 0 Å². The summed E-state index contributed by atoms with van der Waals surface area (Å²) in [5.41, 5.74) is 0.148. The summed E-state index contributed by atoms with van der Waals surface area (Å²) in [6, 6.07) is 5.74. The van der Waals surface area contributed by atoms with E-state index in [-0.39, 0.29) is 24.3 Å². The van der Waals surface area contributed by atoms with E-state index in [0.29, 0.717) is 5.75 Å². The largest absolute Gasteiger partial charge is 0.494 e. The third-order valence-electron chi connectivity index (χ3n) is 1.92. The minimum Gasteiger partial charge on any atom is -0.494 e. The lowest BCUT2D eigenvalue weighted by atomic mass is 10.2. The average molecular weight is 260 g/mol. The lowest BCUT2D eigenvalue weighted by Gasteiger charge is -2.05. The molecule has 0 aliphatic carbocycles. The summed E-state index contributed by atoms with van der Waals surface area (Å²) in [6.07, 6.45) is 0.166. The predicted molar refractivity (Wildman–Crippen MR) is 59.9 cm³/mol. The van der Waals surface area contributed by atoms with Crippen molar-refractivity contribution in [2.24, 2.45) is 0 Å². The number of carboxylic acids is 1. The minimum absolute atomic E-state index is 0.131. The molecule has 0 bridgehead atoms. The molecule has 7 heteroatoms. The van der Waals surface area contributed by atoms with Gasteiger partial charge in [0.1, 0.15) is 5.75 Å². The fraction of sp³-hybridized carbons (Fsp3) is 0.300. The van der Waals surface area contributed by atoms with Crippen molar-refractivity contribution < 1.29 is 27.6 Å². The Morgan fingerprint density at radius 1 is 1.24 bits per heavy atom. The number of carboxylic acid groups (broad SMARTS) is 1. The Hall–Kier alpha value is -1.60. The SMILES string of the molecule is O=C(O)c1ccc(OCCCS(=O)(=O)O)cc1. The highest BCUT2D eigenvalue weighted by molar-refractivity contribution is 7.85. The second-order valence-corrected chi connectivity index (χ2v) is 4.89. The first-order valence-corrected chi connectivity index (χ1v) is 6.41. The van der Waals surface area contributed by atoms with E-state index in [1.807, 2.05) is 0 Å². The molecule has 0 amide bonds. The van der Waals surface area contributed by atoms with Crippen molar-refractivity contribution >= 4 is 16.1 Å². The van der Waals surface area contributed by atoms with Gasteiger partial charge in [-0.2, -0.15) is 8.42 Å². The van der Waals surface area contributed by atoms with Crippen LogP contribution >= 0.6 is 0 Å². The Balaban J connectivity index is 2.40. The summed E-state index contributed by atoms with van der Waals surface area (Å²) < 4.78 is 34.4. The van der Waals surface area contributed by atoms with E-state index >= 15 is 0 Å². The normalized spacial score (nSPS) is 11.1. The third-order valence-corrected chi connectivity index (χ3v) is 2.72. The average Bonchev–Trinajstić information content (AvgIpc) is 2.24. The molecule has 1 aromatic rings. The van der Waals surface area contributed by atoms with Crippen molar-refractivity contribution in [3.63, 3.8) is 0 Å². The first kappa shape index (κ1) is 13.5. The summed E-state index contributed by atoms with van der Waals surface area (Å²) in [7, 11) is -3.95. The highest BCUT2D eigenvalue weighted by atomic mass is 32.2. The van der Waals surface area contributed by atoms with Crippen LogP contribution in [0.4, 0.5) is 0 Å². The van der Waals surface area contributed by atoms with E-state index in [9.17, 15) is 13.2 Å². The van der Waals surface area contributed by atoms with Gasteiger partial charge in [-0.25, -0.2) is 4.79 Å². The number of ether oxygens (including phenoxy) is 1. The van der Waals surface area contributed by atoms with Gasteiger partial charge in [0.25, 0.3) is 10.1 Å². The molecule has 0 fully saturated rings. The Morgan fingerprint density at radius 2 is 1.82 bits per heavy atom. The molecular formula is C10H12O6S. The summed E-state index contributed by atoms with van der Waals surface area (Å²) >= 11 is 0. The van der Waals surface area contributed by atoms with Gasteiger partial charge in [0.15, 0.2) is 0 Å². The molecule has 0 radical (unpaired) electrons. The van der Waals surface area contributed by atoms with Crippen LogP contribution in [0.5, 0.6) is 5.75 Å². The van der Waals surface area contributed by atoms with Crippen LogP contribution in [0.3, 0.4) is 0 Å². The molecule has 0 saturated carbocycles. The van der Waals surface area contributed by atoms with Crippen LogP contribution < -0.4 is 4.74 Å². The predicted octanol–water partition coefficient (Wildman–Crippen LogP) is 1.04. The van der Waals surface area contributed by atoms with Crippen LogP contribution in [0, 0.1) is 0 Å². The van der Waals surface area contributed by atoms with Crippen LogP contribution in [0.15, 0.2) is 24.3 Å². The summed E-state index contributed by atoms with van der Waals surface area (Å²) in [4.78, 5) is 10.5. The zero-order valence-electron chi connectivity index (χ0n) is 8.87. The maximum Gasteiger partial charge on any atom is 0.335 e. The van der Waals surface area contributed by atoms with Crippen LogP contribution in [0.1, 0.15) is 16.8 Å². The first-order chi connectivity index (χ1) is 7.88. The van der Waals surface area contributed by atoms with Crippen molar-refractivity contribution in [3.05, 3.63) is 29.8 Å². The molecule has 1 aromatic carbocycles. The molecule has 0 aromatic heterocycles. The minimum atomic E-state index is -3.95. The van der Waals surface area contributed by atoms with E-state index in [4.69, 9.17) is 14.4 Å². The van der Waals surface area contributed by atoms with Crippen molar-refractivity contribution in [2.75, 3.05) is 12.4 Å². The molecule has 1 rings (SSSR count). The molecule has 0 heterocycles. The standard InChI is InChI=1S/C10H12O6S/c11-10(12)8-2-4-9(5-3-8)16-6-1-7-17(13,14)15/h2-5H,1,6-7H2,(H,11,12)(H,13,14,15). The van der Waals surface area contributed by atoms with E-state index in [0.717, 1.165) is 0 Å². The first-order valence-electron chi connectivity index (χ1n) is 4.80. The number of rotatable bonds is 6. The number of carbonyl (C=O) groups is 1. The van der Waals surface area contributed by atoms with E-state index < -0.39 is 16.1 Å². The zero-order chi connectivity index (χ0) is 12.9. The maximum absolute atomic E-state index is 10.5. The Morgan fingerprint density at radius 3 is 2.29 bits per heavy atom. The maximum atomic E-state index is 10.5. The molecular weight excluding hydrogens is 248 g/mol. The lowest BCUT2D eigenvalue weighted by molar-refractivity contribution is 0.0697. The highest BCUT2D eigenvalue weighted by Gasteiger charge is 2.05. The molecule has 94 valence electrons. The van der Waals surface area contributed by atoms with Crippen molar-refractivity contribution in [1.29, 1.82) is 0 Å². The van der Waals surface area contributed by atoms with Gasteiger partial charge < -0.3 is 9.84 Å². The Labute approximate surface area is 98.6 Å². The van der Waals surface area contributed by atoms with Gasteiger partial charge in [-0.3, -0.25) is 4.55 Å². The number of aromatic carboxylic acids is 1. The van der Waals surface area contributed by atoms with E-state index in [1.165, 1.54) is 24.3 Å². The van der Waals surface area contributed by atoms with Crippen molar-refractivity contribution in [1.82, 2.24) is 0 Å². The van der Waals surface area contributed by atoms with Gasteiger partial charge in [0.2, 0.25) is 0 Å². The van der Waals surface area contributed by atoms with Gasteiger partial charge in [-0.05, 0) is 30.7 Å². The fourth-order valence-electron chi connectivity index (χ4n) is 1.13. The molecule has 0 atom stereocenters. The molecule has 6 nitrogen and oxygen atoms in total. The lowest BCUT2D eigenvalue weighted by Crippen LogP contribution is -2.08. The number of hydrogen-bond donors (Lipinski definition) is 2. The smallest absolute Gasteiger partial charge is 0.335 e. The Kier molecular flexibility index (Phi) is 4.47. The van der Waals surface area contributed by atoms with Crippen LogP contribution in [-0.2, 0) is 10.1 Å². The van der Waals surface area contributed by atoms with Gasteiger partial charge in [0, 0.05) is 0 Å². The molecule has 17 heavy (non-hydrogen) atoms. The molecule has 0 spiro atoms. The molecule has 0 aliphatic rings. The second kappa shape index (κ2) is 5.65. The van der Waals surface area contributed by atoms with Crippen LogP contribution in [0.2, 0.25) is 0 Å². The van der Waals surface area contributed by atoms with Gasteiger partial charge in [-0.15, -0.1) is 0 Å². The molecule has 0 saturated heterocycles. The molecule has 2 N–H and O–H groups in total. The van der Waals surface area contributed by atoms with Crippen molar-refractivity contribution in [2.45, 2.75) is 6.42 Å². The topological polar surface area (TPSA) is 101 Å². The highest BCUT2D eigenvalue weighted by Crippen LogP contribution is 2.12. The van der Waals surface area contributed by atoms with E-state index in [1.54, 1.807) is 0 Å². The fourth-order valence-corrected chi connectivity index (χ4v) is 1.61. The Bertz CT molecular complexity index is 476. The van der Waals surface area contributed by atoms with Gasteiger partial charge in [0.05, 0.1) is 17.9 Å². The van der Waals surface area contributed by atoms with E-state index in [2.05, 4.69) is 0 Å². The van der Waals surface area contributed by atoms with Crippen molar-refractivity contribution in [3.8, 4) is 5.75 Å². The summed E-state index contributed by atoms with van der Waals surface area (Å²) in [5.74, 6) is -0.937. The monoisotopic (exact) mass is 260 g/mol. The summed E-state index contributed by atoms with van der Waals surface area (Å²) in [6.45, 7) is 0.131. The third kappa shape index (κ3) is 5.32. The second-order valence-electron chi connectivity index (χ2n) is 3.32. The summed E-state index contributed by atoms with van der Waals surface area (Å²) in [5, 5.41) is 8.64. The van der Waals surface area contributed by atoms with Gasteiger partial charge >= 0.3 is 5.97 Å². The molecule has 0 aliphatic heterocycles.